The first-order valence-electron chi connectivity index (χ1n) is 13.1. The molecule has 0 atom stereocenters. The van der Waals surface area contributed by atoms with E-state index in [1.807, 2.05) is 30.3 Å². The fourth-order valence-corrected chi connectivity index (χ4v) is 5.45. The highest BCUT2D eigenvalue weighted by atomic mass is 32.2. The molecule has 0 spiro atoms. The number of nitrogens with two attached hydrogens (primary N) is 1. The minimum Gasteiger partial charge on any atom is -0.440 e. The zero-order chi connectivity index (χ0) is 28.2. The Balaban J connectivity index is 1.27. The Morgan fingerprint density at radius 3 is 2.40 bits per heavy atom. The molecule has 1 saturated heterocycles. The van der Waals surface area contributed by atoms with Crippen LogP contribution in [-0.4, -0.2) is 38.3 Å². The van der Waals surface area contributed by atoms with Crippen molar-refractivity contribution >= 4 is 10.0 Å². The summed E-state index contributed by atoms with van der Waals surface area (Å²) in [5.41, 5.74) is 1.83. The van der Waals surface area contributed by atoms with E-state index in [0.29, 0.717) is 74.0 Å². The minimum absolute atomic E-state index is 0.0137. The van der Waals surface area contributed by atoms with Gasteiger partial charge >= 0.3 is 0 Å². The predicted octanol–water partition coefficient (Wildman–Crippen LogP) is 4.94. The smallest absolute Gasteiger partial charge is 0.238 e. The number of benzene rings is 3. The highest BCUT2D eigenvalue weighted by Crippen LogP contribution is 2.36. The third kappa shape index (κ3) is 6.32. The Labute approximate surface area is 232 Å². The lowest BCUT2D eigenvalue weighted by molar-refractivity contribution is -0.0711. The number of hydrogen-bond donors (Lipinski definition) is 2. The highest BCUT2D eigenvalue weighted by molar-refractivity contribution is 7.89. The molecule has 10 heteroatoms. The molecule has 1 fully saturated rings. The molecule has 1 aromatic heterocycles. The van der Waals surface area contributed by atoms with Gasteiger partial charge in [0.15, 0.2) is 11.7 Å². The number of oxazole rings is 1. The number of hydrogen-bond acceptors (Lipinski definition) is 7. The number of halogens is 1. The molecule has 4 aromatic rings. The van der Waals surface area contributed by atoms with Crippen LogP contribution in [0.5, 0.6) is 0 Å². The fraction of sp³-hybridized carbons (Fsp3) is 0.300. The minimum atomic E-state index is -3.81. The first-order valence-corrected chi connectivity index (χ1v) is 14.6. The Morgan fingerprint density at radius 2 is 1.70 bits per heavy atom. The molecule has 210 valence electrons. The van der Waals surface area contributed by atoms with Crippen LogP contribution in [0.15, 0.2) is 82.1 Å². The molecule has 3 N–H and O–H groups in total. The first kappa shape index (κ1) is 28.1. The van der Waals surface area contributed by atoms with Gasteiger partial charge in [-0.3, -0.25) is 0 Å². The van der Waals surface area contributed by atoms with Gasteiger partial charge in [-0.1, -0.05) is 42.5 Å². The van der Waals surface area contributed by atoms with Gasteiger partial charge in [-0.2, -0.15) is 0 Å². The first-order chi connectivity index (χ1) is 19.2. The highest BCUT2D eigenvalue weighted by Gasteiger charge is 2.36. The van der Waals surface area contributed by atoms with Gasteiger partial charge in [-0.25, -0.2) is 22.9 Å². The second-order valence-electron chi connectivity index (χ2n) is 9.79. The summed E-state index contributed by atoms with van der Waals surface area (Å²) in [7, 11) is -3.81. The maximum Gasteiger partial charge on any atom is 0.238 e. The third-order valence-electron chi connectivity index (χ3n) is 6.99. The summed E-state index contributed by atoms with van der Waals surface area (Å²) in [5, 5.41) is 16.3. The lowest BCUT2D eigenvalue weighted by atomic mass is 9.83. The van der Waals surface area contributed by atoms with E-state index < -0.39 is 21.4 Å². The zero-order valence-electron chi connectivity index (χ0n) is 21.9. The van der Waals surface area contributed by atoms with Crippen molar-refractivity contribution in [2.75, 3.05) is 19.8 Å². The number of sulfonamides is 1. The summed E-state index contributed by atoms with van der Waals surface area (Å²) in [4.78, 5) is 4.73. The second-order valence-corrected chi connectivity index (χ2v) is 11.4. The van der Waals surface area contributed by atoms with Gasteiger partial charge in [0.25, 0.3) is 0 Å². The lowest BCUT2D eigenvalue weighted by Gasteiger charge is -2.34. The summed E-state index contributed by atoms with van der Waals surface area (Å²) in [5.74, 6) is 0.594. The van der Waals surface area contributed by atoms with Gasteiger partial charge in [0.1, 0.15) is 11.5 Å². The Kier molecular flexibility index (Phi) is 8.43. The summed E-state index contributed by atoms with van der Waals surface area (Å²) in [6.07, 6.45) is 1.76. The van der Waals surface area contributed by atoms with Crippen molar-refractivity contribution in [3.8, 4) is 22.6 Å². The van der Waals surface area contributed by atoms with E-state index in [9.17, 15) is 17.9 Å². The van der Waals surface area contributed by atoms with Crippen molar-refractivity contribution in [3.05, 3.63) is 95.6 Å². The van der Waals surface area contributed by atoms with Crippen LogP contribution in [0.4, 0.5) is 4.39 Å². The SMILES string of the molecule is NS(=O)(=O)c1ccc(-c2oc(CCCOCc3cccc(F)c3C3(O)CCOCC3)nc2-c2ccccc2)cc1. The largest absolute Gasteiger partial charge is 0.440 e. The number of ether oxygens (including phenoxy) is 2. The van der Waals surface area contributed by atoms with Crippen LogP contribution >= 0.6 is 0 Å². The maximum atomic E-state index is 14.8. The van der Waals surface area contributed by atoms with Crippen LogP contribution in [0, 0.1) is 5.82 Å². The number of rotatable bonds is 10. The second kappa shape index (κ2) is 12.0. The van der Waals surface area contributed by atoms with E-state index in [1.165, 1.54) is 18.2 Å². The van der Waals surface area contributed by atoms with Crippen molar-refractivity contribution in [3.63, 3.8) is 0 Å². The van der Waals surface area contributed by atoms with Crippen LogP contribution in [0.2, 0.25) is 0 Å². The number of aryl methyl sites for hydroxylation is 1. The topological polar surface area (TPSA) is 125 Å². The van der Waals surface area contributed by atoms with Crippen molar-refractivity contribution in [1.82, 2.24) is 4.98 Å². The molecular formula is C30H31FN2O6S. The Bertz CT molecular complexity index is 1550. The van der Waals surface area contributed by atoms with Crippen molar-refractivity contribution in [2.45, 2.75) is 42.8 Å². The monoisotopic (exact) mass is 566 g/mol. The molecule has 0 saturated carbocycles. The van der Waals surface area contributed by atoms with Crippen molar-refractivity contribution < 1.29 is 31.8 Å². The lowest BCUT2D eigenvalue weighted by Crippen LogP contribution is -2.35. The van der Waals surface area contributed by atoms with Crippen LogP contribution < -0.4 is 5.14 Å². The van der Waals surface area contributed by atoms with E-state index in [4.69, 9.17) is 24.0 Å². The summed E-state index contributed by atoms with van der Waals surface area (Å²) < 4.78 is 55.4. The van der Waals surface area contributed by atoms with Gasteiger partial charge in [0, 0.05) is 55.8 Å². The summed E-state index contributed by atoms with van der Waals surface area (Å²) in [6, 6.07) is 20.5. The standard InChI is InChI=1S/C30H31FN2O6S/c31-25-9-4-8-23(27(25)30(34)15-18-37-19-16-30)20-38-17-5-10-26-33-28(21-6-2-1-3-7-21)29(39-26)22-11-13-24(14-12-22)40(32,35)36/h1-4,6-9,11-14,34H,5,10,15-20H2,(H2,32,35,36). The predicted molar refractivity (Wildman–Crippen MR) is 147 cm³/mol. The molecule has 1 aliphatic rings. The molecule has 0 bridgehead atoms. The Hall–Kier alpha value is -3.41. The van der Waals surface area contributed by atoms with Gasteiger partial charge in [-0.15, -0.1) is 0 Å². The van der Waals surface area contributed by atoms with Crippen molar-refractivity contribution in [2.24, 2.45) is 5.14 Å². The average Bonchev–Trinajstić information content (AvgIpc) is 3.37. The number of aromatic nitrogens is 1. The van der Waals surface area contributed by atoms with Crippen LogP contribution in [0.3, 0.4) is 0 Å². The average molecular weight is 567 g/mol. The maximum absolute atomic E-state index is 14.8. The molecule has 8 nitrogen and oxygen atoms in total. The van der Waals surface area contributed by atoms with E-state index in [2.05, 4.69) is 0 Å². The molecule has 3 aromatic carbocycles. The van der Waals surface area contributed by atoms with Gasteiger partial charge in [0.05, 0.1) is 17.1 Å². The van der Waals surface area contributed by atoms with Gasteiger partial charge < -0.3 is 19.0 Å². The molecule has 40 heavy (non-hydrogen) atoms. The molecule has 0 amide bonds. The summed E-state index contributed by atoms with van der Waals surface area (Å²) >= 11 is 0. The quantitative estimate of drug-likeness (QED) is 0.261. The molecule has 5 rings (SSSR count). The van der Waals surface area contributed by atoms with Crippen LogP contribution in [-0.2, 0) is 38.1 Å². The molecule has 0 aliphatic carbocycles. The van der Waals surface area contributed by atoms with Crippen LogP contribution in [0.25, 0.3) is 22.6 Å². The molecule has 2 heterocycles. The molecule has 0 radical (unpaired) electrons. The van der Waals surface area contributed by atoms with E-state index in [1.54, 1.807) is 24.3 Å². The van der Waals surface area contributed by atoms with Crippen LogP contribution in [0.1, 0.15) is 36.3 Å². The van der Waals surface area contributed by atoms with Gasteiger partial charge in [-0.05, 0) is 42.3 Å². The Morgan fingerprint density at radius 1 is 0.975 bits per heavy atom. The molecule has 1 aliphatic heterocycles. The van der Waals surface area contributed by atoms with E-state index >= 15 is 0 Å². The van der Waals surface area contributed by atoms with Crippen molar-refractivity contribution in [1.29, 1.82) is 0 Å². The third-order valence-corrected chi connectivity index (χ3v) is 7.92. The van der Waals surface area contributed by atoms with Gasteiger partial charge in [0.2, 0.25) is 10.0 Å². The molecule has 0 unspecified atom stereocenters. The fourth-order valence-electron chi connectivity index (χ4n) is 4.93. The molecular weight excluding hydrogens is 535 g/mol. The zero-order valence-corrected chi connectivity index (χ0v) is 22.7. The summed E-state index contributed by atoms with van der Waals surface area (Å²) in [6.45, 7) is 1.30. The number of aliphatic hydroxyl groups is 1. The van der Waals surface area contributed by atoms with E-state index in [0.717, 1.165) is 5.56 Å². The normalized spacial score (nSPS) is 15.3. The van der Waals surface area contributed by atoms with E-state index in [-0.39, 0.29) is 17.1 Å². The number of nitrogens with zero attached hydrogens (tertiary/aromatic N) is 1. The number of primary sulfonamides is 1.